The summed E-state index contributed by atoms with van der Waals surface area (Å²) in [5.41, 5.74) is 0. The molecule has 0 bridgehead atoms. The van der Waals surface area contributed by atoms with E-state index in [1.54, 1.807) is 0 Å². The van der Waals surface area contributed by atoms with Crippen LogP contribution in [0.4, 0.5) is 4.79 Å². The van der Waals surface area contributed by atoms with Crippen LogP contribution in [0.5, 0.6) is 0 Å². The van der Waals surface area contributed by atoms with Crippen molar-refractivity contribution in [1.82, 2.24) is 10.6 Å². The van der Waals surface area contributed by atoms with Crippen molar-refractivity contribution in [1.29, 1.82) is 0 Å². The topological polar surface area (TPSA) is 78.4 Å². The highest BCUT2D eigenvalue weighted by Gasteiger charge is 2.28. The standard InChI is InChI=1S/C4H6N2O3/c7-3-2(1-5-3)6-4(8)9/h2,6H,1H2,(H,5,7)(H,8,9)/t2-/m0/s1. The number of β-lactam (4-membered cyclic amide) rings is 1. The number of amides is 2. The SMILES string of the molecule is O=C(O)N[C@H]1CNC1=O. The zero-order valence-electron chi connectivity index (χ0n) is 4.55. The summed E-state index contributed by atoms with van der Waals surface area (Å²) in [5.74, 6) is -0.252. The van der Waals surface area contributed by atoms with Gasteiger partial charge in [0.05, 0.1) is 0 Å². The Morgan fingerprint density at radius 3 is 2.67 bits per heavy atom. The number of carbonyl (C=O) groups is 2. The van der Waals surface area contributed by atoms with E-state index in [2.05, 4.69) is 5.32 Å². The minimum Gasteiger partial charge on any atom is -0.465 e. The fraction of sp³-hybridized carbons (Fsp3) is 0.500. The Morgan fingerprint density at radius 2 is 2.56 bits per heavy atom. The van der Waals surface area contributed by atoms with Gasteiger partial charge in [0.15, 0.2) is 0 Å². The normalized spacial score (nSPS) is 24.0. The van der Waals surface area contributed by atoms with Crippen molar-refractivity contribution in [3.05, 3.63) is 0 Å². The molecule has 0 radical (unpaired) electrons. The number of rotatable bonds is 1. The average Bonchev–Trinajstić information content (AvgIpc) is 1.79. The fourth-order valence-electron chi connectivity index (χ4n) is 0.553. The molecule has 5 nitrogen and oxygen atoms in total. The van der Waals surface area contributed by atoms with Crippen molar-refractivity contribution in [2.24, 2.45) is 0 Å². The molecule has 1 saturated heterocycles. The van der Waals surface area contributed by atoms with Gasteiger partial charge in [0.1, 0.15) is 6.04 Å². The Kier molecular flexibility index (Phi) is 1.26. The number of hydrogen-bond donors (Lipinski definition) is 3. The molecule has 0 aromatic carbocycles. The van der Waals surface area contributed by atoms with Crippen LogP contribution in [0.15, 0.2) is 0 Å². The number of carboxylic acid groups (broad SMARTS) is 1. The number of carbonyl (C=O) groups excluding carboxylic acids is 1. The molecule has 9 heavy (non-hydrogen) atoms. The summed E-state index contributed by atoms with van der Waals surface area (Å²) in [7, 11) is 0. The summed E-state index contributed by atoms with van der Waals surface area (Å²) in [6, 6.07) is -0.525. The van der Waals surface area contributed by atoms with Crippen LogP contribution in [0.3, 0.4) is 0 Å². The Labute approximate surface area is 51.0 Å². The molecule has 1 heterocycles. The molecule has 0 spiro atoms. The van der Waals surface area contributed by atoms with Crippen LogP contribution in [0.1, 0.15) is 0 Å². The zero-order chi connectivity index (χ0) is 6.85. The molecule has 0 aromatic heterocycles. The molecule has 0 unspecified atom stereocenters. The minimum atomic E-state index is -1.16. The summed E-state index contributed by atoms with van der Waals surface area (Å²) in [4.78, 5) is 20.2. The lowest BCUT2D eigenvalue weighted by Crippen LogP contribution is -2.61. The highest BCUT2D eigenvalue weighted by molar-refractivity contribution is 5.90. The van der Waals surface area contributed by atoms with Gasteiger partial charge in [-0.25, -0.2) is 4.79 Å². The first-order valence-corrected chi connectivity index (χ1v) is 2.47. The largest absolute Gasteiger partial charge is 0.465 e. The van der Waals surface area contributed by atoms with E-state index in [4.69, 9.17) is 5.11 Å². The van der Waals surface area contributed by atoms with Gasteiger partial charge in [-0.15, -0.1) is 0 Å². The molecule has 50 valence electrons. The van der Waals surface area contributed by atoms with Crippen molar-refractivity contribution in [3.8, 4) is 0 Å². The fourth-order valence-corrected chi connectivity index (χ4v) is 0.553. The Bertz CT molecular complexity index is 156. The number of nitrogens with one attached hydrogen (secondary N) is 2. The van der Waals surface area contributed by atoms with Gasteiger partial charge in [-0.2, -0.15) is 0 Å². The van der Waals surface area contributed by atoms with Crippen LogP contribution >= 0.6 is 0 Å². The molecule has 0 aliphatic carbocycles. The molecule has 2 amide bonds. The first-order valence-electron chi connectivity index (χ1n) is 2.47. The maximum atomic E-state index is 10.3. The van der Waals surface area contributed by atoms with Gasteiger partial charge in [0.25, 0.3) is 0 Å². The molecule has 1 aliphatic rings. The van der Waals surface area contributed by atoms with Crippen LogP contribution in [0.2, 0.25) is 0 Å². The van der Waals surface area contributed by atoms with Crippen molar-refractivity contribution in [2.75, 3.05) is 6.54 Å². The van der Waals surface area contributed by atoms with Gasteiger partial charge in [-0.05, 0) is 0 Å². The highest BCUT2D eigenvalue weighted by atomic mass is 16.4. The molecule has 5 heteroatoms. The van der Waals surface area contributed by atoms with Crippen LogP contribution in [0.25, 0.3) is 0 Å². The second-order valence-corrected chi connectivity index (χ2v) is 1.75. The quantitative estimate of drug-likeness (QED) is 0.388. The first-order chi connectivity index (χ1) is 4.20. The van der Waals surface area contributed by atoms with E-state index in [9.17, 15) is 9.59 Å². The van der Waals surface area contributed by atoms with E-state index in [1.165, 1.54) is 0 Å². The zero-order valence-corrected chi connectivity index (χ0v) is 4.55. The van der Waals surface area contributed by atoms with E-state index in [-0.39, 0.29) is 5.91 Å². The summed E-state index contributed by atoms with van der Waals surface area (Å²) >= 11 is 0. The second-order valence-electron chi connectivity index (χ2n) is 1.75. The summed E-state index contributed by atoms with van der Waals surface area (Å²) in [6.07, 6.45) is -1.16. The van der Waals surface area contributed by atoms with Crippen LogP contribution in [-0.2, 0) is 4.79 Å². The van der Waals surface area contributed by atoms with Gasteiger partial charge in [-0.1, -0.05) is 0 Å². The molecule has 0 saturated carbocycles. The van der Waals surface area contributed by atoms with Gasteiger partial charge in [0.2, 0.25) is 5.91 Å². The van der Waals surface area contributed by atoms with E-state index in [1.807, 2.05) is 5.32 Å². The molecule has 1 aliphatic heterocycles. The maximum absolute atomic E-state index is 10.3. The van der Waals surface area contributed by atoms with Crippen molar-refractivity contribution in [2.45, 2.75) is 6.04 Å². The average molecular weight is 130 g/mol. The molecule has 3 N–H and O–H groups in total. The van der Waals surface area contributed by atoms with Gasteiger partial charge in [0, 0.05) is 6.54 Å². The van der Waals surface area contributed by atoms with Gasteiger partial charge in [-0.3, -0.25) is 4.79 Å². The predicted molar refractivity (Wildman–Crippen MR) is 28.0 cm³/mol. The van der Waals surface area contributed by atoms with Gasteiger partial charge < -0.3 is 15.7 Å². The van der Waals surface area contributed by atoms with E-state index >= 15 is 0 Å². The molecule has 1 rings (SSSR count). The van der Waals surface area contributed by atoms with Crippen molar-refractivity contribution >= 4 is 12.0 Å². The summed E-state index contributed by atoms with van der Waals surface area (Å²) < 4.78 is 0. The monoisotopic (exact) mass is 130 g/mol. The van der Waals surface area contributed by atoms with Crippen molar-refractivity contribution in [3.63, 3.8) is 0 Å². The Morgan fingerprint density at radius 1 is 1.89 bits per heavy atom. The molecule has 1 fully saturated rings. The third kappa shape index (κ3) is 1.10. The molecule has 0 aromatic rings. The number of hydrogen-bond acceptors (Lipinski definition) is 2. The molecular formula is C4H6N2O3. The van der Waals surface area contributed by atoms with Crippen LogP contribution in [-0.4, -0.2) is 29.7 Å². The summed E-state index contributed by atoms with van der Waals surface area (Å²) in [6.45, 7) is 0.408. The lowest BCUT2D eigenvalue weighted by molar-refractivity contribution is -0.128. The maximum Gasteiger partial charge on any atom is 0.405 e. The molecule has 1 atom stereocenters. The van der Waals surface area contributed by atoms with E-state index < -0.39 is 12.1 Å². The third-order valence-corrected chi connectivity index (χ3v) is 1.09. The minimum absolute atomic E-state index is 0.252. The Balaban J connectivity index is 2.29. The lowest BCUT2D eigenvalue weighted by atomic mass is 10.2. The first kappa shape index (κ1) is 5.87. The van der Waals surface area contributed by atoms with Crippen molar-refractivity contribution < 1.29 is 14.7 Å². The van der Waals surface area contributed by atoms with Crippen LogP contribution < -0.4 is 10.6 Å². The molecular weight excluding hydrogens is 124 g/mol. The van der Waals surface area contributed by atoms with Crippen LogP contribution in [0, 0.1) is 0 Å². The van der Waals surface area contributed by atoms with E-state index in [0.717, 1.165) is 0 Å². The Hall–Kier alpha value is -1.26. The highest BCUT2D eigenvalue weighted by Crippen LogP contribution is 1.91. The van der Waals surface area contributed by atoms with Gasteiger partial charge >= 0.3 is 6.09 Å². The lowest BCUT2D eigenvalue weighted by Gasteiger charge is -2.24. The smallest absolute Gasteiger partial charge is 0.405 e. The van der Waals surface area contributed by atoms with E-state index in [0.29, 0.717) is 6.54 Å². The third-order valence-electron chi connectivity index (χ3n) is 1.09. The second kappa shape index (κ2) is 1.93. The summed E-state index contributed by atoms with van der Waals surface area (Å²) in [5, 5.41) is 12.5. The predicted octanol–water partition coefficient (Wildman–Crippen LogP) is -1.25.